The Morgan fingerprint density at radius 3 is 2.81 bits per heavy atom. The summed E-state index contributed by atoms with van der Waals surface area (Å²) >= 11 is 0. The van der Waals surface area contributed by atoms with Crippen LogP contribution in [-0.4, -0.2) is 62.2 Å². The van der Waals surface area contributed by atoms with E-state index in [-0.39, 0.29) is 12.6 Å². The van der Waals surface area contributed by atoms with E-state index in [1.807, 2.05) is 24.3 Å². The molecule has 0 aliphatic carbocycles. The van der Waals surface area contributed by atoms with Crippen LogP contribution in [0.1, 0.15) is 23.6 Å². The predicted octanol–water partition coefficient (Wildman–Crippen LogP) is 2.77. The summed E-state index contributed by atoms with van der Waals surface area (Å²) in [6.45, 7) is 5.12. The van der Waals surface area contributed by atoms with Crippen LogP contribution < -0.4 is 15.4 Å². The Hall–Kier alpha value is -3.08. The second kappa shape index (κ2) is 11.9. The Morgan fingerprint density at radius 2 is 2.00 bits per heavy atom. The van der Waals surface area contributed by atoms with Gasteiger partial charge in [0.25, 0.3) is 0 Å². The molecule has 0 spiro atoms. The molecule has 164 valence electrons. The summed E-state index contributed by atoms with van der Waals surface area (Å²) in [6.07, 6.45) is 0.901. The molecule has 2 aromatic rings. The molecule has 1 unspecified atom stereocenters. The number of nitriles is 1. The average molecular weight is 422 g/mol. The molecule has 1 saturated heterocycles. The van der Waals surface area contributed by atoms with Gasteiger partial charge in [0.15, 0.2) is 6.61 Å². The van der Waals surface area contributed by atoms with Crippen LogP contribution in [0.25, 0.3) is 0 Å². The summed E-state index contributed by atoms with van der Waals surface area (Å²) in [5.41, 5.74) is 2.27. The molecule has 0 aromatic heterocycles. The minimum atomic E-state index is -0.179. The zero-order chi connectivity index (χ0) is 21.9. The lowest BCUT2D eigenvalue weighted by molar-refractivity contribution is 0.0889. The van der Waals surface area contributed by atoms with Gasteiger partial charge in [-0.05, 0) is 36.7 Å². The largest absolute Gasteiger partial charge is 0.479 e. The van der Waals surface area contributed by atoms with Gasteiger partial charge in [-0.3, -0.25) is 4.90 Å². The predicted molar refractivity (Wildman–Crippen MR) is 121 cm³/mol. The first kappa shape index (κ1) is 22.6. The number of nitrogens with zero attached hydrogens (tertiary/aromatic N) is 3. The van der Waals surface area contributed by atoms with Crippen LogP contribution >= 0.6 is 0 Å². The zero-order valence-corrected chi connectivity index (χ0v) is 18.1. The molecule has 2 N–H and O–H groups in total. The van der Waals surface area contributed by atoms with Gasteiger partial charge in [-0.25, -0.2) is 4.79 Å². The maximum absolute atomic E-state index is 12.1. The average Bonchev–Trinajstić information content (AvgIpc) is 2.80. The summed E-state index contributed by atoms with van der Waals surface area (Å²) in [4.78, 5) is 17.0. The number of benzene rings is 2. The first-order chi connectivity index (χ1) is 15.2. The number of nitrogens with one attached hydrogen (secondary N) is 2. The Balaban J connectivity index is 1.39. The molecule has 1 atom stereocenters. The SMILES string of the molecule is CN1CCN(CCCNC(=O)NCc2cccc(OCC#N)c2)C(c2ccccc2)C1. The van der Waals surface area contributed by atoms with Crippen LogP contribution in [0.5, 0.6) is 5.75 Å². The van der Waals surface area contributed by atoms with E-state index in [0.717, 1.165) is 38.2 Å². The lowest BCUT2D eigenvalue weighted by atomic mass is 10.0. The quantitative estimate of drug-likeness (QED) is 0.609. The summed E-state index contributed by atoms with van der Waals surface area (Å²) in [6, 6.07) is 20.2. The number of likely N-dealkylation sites (N-methyl/N-ethyl adjacent to an activating group) is 1. The number of rotatable bonds is 9. The lowest BCUT2D eigenvalue weighted by Gasteiger charge is -2.40. The zero-order valence-electron chi connectivity index (χ0n) is 18.1. The second-order valence-electron chi connectivity index (χ2n) is 7.78. The second-order valence-corrected chi connectivity index (χ2v) is 7.78. The molecular formula is C24H31N5O2. The van der Waals surface area contributed by atoms with E-state index in [9.17, 15) is 4.79 Å². The molecule has 1 aliphatic heterocycles. The lowest BCUT2D eigenvalue weighted by Crippen LogP contribution is -2.47. The minimum absolute atomic E-state index is 0.00972. The van der Waals surface area contributed by atoms with Gasteiger partial charge in [0.05, 0.1) is 0 Å². The molecule has 1 fully saturated rings. The van der Waals surface area contributed by atoms with Gasteiger partial charge in [0.2, 0.25) is 0 Å². The smallest absolute Gasteiger partial charge is 0.315 e. The molecule has 0 bridgehead atoms. The number of carbonyl (C=O) groups is 1. The number of carbonyl (C=O) groups excluding carboxylic acids is 1. The van der Waals surface area contributed by atoms with Crippen LogP contribution in [0.4, 0.5) is 4.79 Å². The van der Waals surface area contributed by atoms with E-state index in [4.69, 9.17) is 10.00 Å². The third-order valence-electron chi connectivity index (χ3n) is 5.44. The van der Waals surface area contributed by atoms with E-state index < -0.39 is 0 Å². The molecule has 3 rings (SSSR count). The minimum Gasteiger partial charge on any atom is -0.479 e. The van der Waals surface area contributed by atoms with Gasteiger partial charge in [-0.2, -0.15) is 5.26 Å². The number of piperazine rings is 1. The van der Waals surface area contributed by atoms with E-state index in [2.05, 4.69) is 57.8 Å². The fourth-order valence-corrected chi connectivity index (χ4v) is 3.81. The molecule has 1 heterocycles. The standard InChI is InChI=1S/C24H31N5O2/c1-28-14-15-29(23(19-28)21-8-3-2-4-9-21)13-6-12-26-24(30)27-18-20-7-5-10-22(17-20)31-16-11-25/h2-5,7-10,17,23H,6,12-16,18-19H2,1H3,(H2,26,27,30). The first-order valence-electron chi connectivity index (χ1n) is 10.7. The monoisotopic (exact) mass is 421 g/mol. The van der Waals surface area contributed by atoms with Crippen molar-refractivity contribution < 1.29 is 9.53 Å². The molecule has 0 saturated carbocycles. The molecule has 7 heteroatoms. The van der Waals surface area contributed by atoms with Crippen molar-refractivity contribution in [3.63, 3.8) is 0 Å². The van der Waals surface area contributed by atoms with Gasteiger partial charge in [-0.15, -0.1) is 0 Å². The van der Waals surface area contributed by atoms with Gasteiger partial charge in [-0.1, -0.05) is 42.5 Å². The van der Waals surface area contributed by atoms with E-state index >= 15 is 0 Å². The van der Waals surface area contributed by atoms with Crippen LogP contribution in [0.2, 0.25) is 0 Å². The number of hydrogen-bond donors (Lipinski definition) is 2. The molecule has 1 aliphatic rings. The Kier molecular flexibility index (Phi) is 8.71. The van der Waals surface area contributed by atoms with Crippen molar-refractivity contribution in [3.8, 4) is 11.8 Å². The van der Waals surface area contributed by atoms with Crippen LogP contribution in [0, 0.1) is 11.3 Å². The fourth-order valence-electron chi connectivity index (χ4n) is 3.81. The highest BCUT2D eigenvalue weighted by Gasteiger charge is 2.25. The van der Waals surface area contributed by atoms with Crippen LogP contribution in [0.3, 0.4) is 0 Å². The number of amides is 2. The Morgan fingerprint density at radius 1 is 1.16 bits per heavy atom. The summed E-state index contributed by atoms with van der Waals surface area (Å²) in [5, 5.41) is 14.4. The fraction of sp³-hybridized carbons (Fsp3) is 0.417. The summed E-state index contributed by atoms with van der Waals surface area (Å²) in [5.74, 6) is 0.626. The highest BCUT2D eigenvalue weighted by molar-refractivity contribution is 5.73. The Labute approximate surface area is 184 Å². The normalized spacial score (nSPS) is 17.0. The molecule has 7 nitrogen and oxygen atoms in total. The maximum atomic E-state index is 12.1. The van der Waals surface area contributed by atoms with E-state index in [0.29, 0.717) is 24.9 Å². The topological polar surface area (TPSA) is 80.6 Å². The van der Waals surface area contributed by atoms with Crippen molar-refractivity contribution in [1.29, 1.82) is 5.26 Å². The maximum Gasteiger partial charge on any atom is 0.315 e. The van der Waals surface area contributed by atoms with Gasteiger partial charge >= 0.3 is 6.03 Å². The third kappa shape index (κ3) is 7.28. The van der Waals surface area contributed by atoms with Crippen molar-refractivity contribution in [2.45, 2.75) is 19.0 Å². The molecular weight excluding hydrogens is 390 g/mol. The molecule has 2 amide bonds. The van der Waals surface area contributed by atoms with Crippen molar-refractivity contribution in [3.05, 3.63) is 65.7 Å². The van der Waals surface area contributed by atoms with Gasteiger partial charge in [0, 0.05) is 45.3 Å². The van der Waals surface area contributed by atoms with Crippen LogP contribution in [-0.2, 0) is 6.54 Å². The van der Waals surface area contributed by atoms with Crippen LogP contribution in [0.15, 0.2) is 54.6 Å². The van der Waals surface area contributed by atoms with E-state index in [1.54, 1.807) is 6.07 Å². The highest BCUT2D eigenvalue weighted by atomic mass is 16.5. The molecule has 0 radical (unpaired) electrons. The summed E-state index contributed by atoms with van der Waals surface area (Å²) in [7, 11) is 2.17. The van der Waals surface area contributed by atoms with Crippen molar-refractivity contribution in [2.75, 3.05) is 46.4 Å². The van der Waals surface area contributed by atoms with Crippen molar-refractivity contribution in [1.82, 2.24) is 20.4 Å². The van der Waals surface area contributed by atoms with Crippen molar-refractivity contribution in [2.24, 2.45) is 0 Å². The summed E-state index contributed by atoms with van der Waals surface area (Å²) < 4.78 is 5.29. The highest BCUT2D eigenvalue weighted by Crippen LogP contribution is 2.24. The molecule has 2 aromatic carbocycles. The van der Waals surface area contributed by atoms with Gasteiger partial charge in [0.1, 0.15) is 11.8 Å². The third-order valence-corrected chi connectivity index (χ3v) is 5.44. The van der Waals surface area contributed by atoms with Gasteiger partial charge < -0.3 is 20.3 Å². The Bertz CT molecular complexity index is 868. The number of urea groups is 1. The molecule has 31 heavy (non-hydrogen) atoms. The van der Waals surface area contributed by atoms with Crippen molar-refractivity contribution >= 4 is 6.03 Å². The first-order valence-corrected chi connectivity index (χ1v) is 10.7. The number of hydrogen-bond acceptors (Lipinski definition) is 5. The number of ether oxygens (including phenoxy) is 1. The van der Waals surface area contributed by atoms with E-state index in [1.165, 1.54) is 5.56 Å².